The predicted octanol–water partition coefficient (Wildman–Crippen LogP) is 3.58. The number of hydrogen-bond acceptors (Lipinski definition) is 9. The number of nitrogens with two attached hydrogens (primary N) is 2. The quantitative estimate of drug-likeness (QED) is 0.275. The van der Waals surface area contributed by atoms with Crippen LogP contribution in [-0.2, 0) is 0 Å². The fourth-order valence-electron chi connectivity index (χ4n) is 2.86. The number of nitro groups is 3. The van der Waals surface area contributed by atoms with Crippen LogP contribution in [0.2, 0.25) is 0 Å². The molecule has 0 aliphatic carbocycles. The molecule has 0 aliphatic heterocycles. The van der Waals surface area contributed by atoms with E-state index in [4.69, 9.17) is 11.5 Å². The Morgan fingerprint density at radius 3 is 2.06 bits per heavy atom. The number of non-ortho nitro benzene ring substituents is 1. The Balaban J connectivity index is 2.77. The van der Waals surface area contributed by atoms with Gasteiger partial charge in [-0.15, -0.1) is 0 Å². The largest absolute Gasteiger partial charge is 0.399 e. The van der Waals surface area contributed by atoms with Gasteiger partial charge in [0.25, 0.3) is 17.1 Å². The van der Waals surface area contributed by atoms with Crippen LogP contribution in [0.5, 0.6) is 0 Å². The molecule has 0 fully saturated rings. The van der Waals surface area contributed by atoms with E-state index in [0.717, 1.165) is 12.1 Å². The van der Waals surface area contributed by atoms with Crippen molar-refractivity contribution in [3.63, 3.8) is 0 Å². The molecular formula is C19H20N6O6. The van der Waals surface area contributed by atoms with Gasteiger partial charge in [0, 0.05) is 24.4 Å². The molecule has 0 heterocycles. The van der Waals surface area contributed by atoms with E-state index >= 15 is 0 Å². The van der Waals surface area contributed by atoms with Gasteiger partial charge in [-0.25, -0.2) is 0 Å². The minimum atomic E-state index is -0.756. The second-order valence-corrected chi connectivity index (χ2v) is 6.52. The third kappa shape index (κ3) is 4.98. The van der Waals surface area contributed by atoms with Gasteiger partial charge in [0.1, 0.15) is 0 Å². The molecule has 31 heavy (non-hydrogen) atoms. The van der Waals surface area contributed by atoms with E-state index in [-0.39, 0.29) is 39.5 Å². The molecule has 2 rings (SSSR count). The topological polar surface area (TPSA) is 194 Å². The van der Waals surface area contributed by atoms with Crippen LogP contribution in [0.25, 0.3) is 5.57 Å². The molecule has 0 saturated carbocycles. The Labute approximate surface area is 176 Å². The average Bonchev–Trinajstić information content (AvgIpc) is 2.73. The Morgan fingerprint density at radius 1 is 0.935 bits per heavy atom. The molecule has 162 valence electrons. The first-order chi connectivity index (χ1) is 14.6. The zero-order valence-corrected chi connectivity index (χ0v) is 16.8. The van der Waals surface area contributed by atoms with Crippen molar-refractivity contribution in [2.75, 3.05) is 12.3 Å². The first-order valence-electron chi connectivity index (χ1n) is 9.07. The van der Waals surface area contributed by atoms with Gasteiger partial charge in [-0.1, -0.05) is 6.92 Å². The fraction of sp³-hybridized carbons (Fsp3) is 0.211. The zero-order valence-electron chi connectivity index (χ0n) is 16.8. The fourth-order valence-corrected chi connectivity index (χ4v) is 2.86. The van der Waals surface area contributed by atoms with Crippen molar-refractivity contribution < 1.29 is 14.8 Å². The van der Waals surface area contributed by atoms with Gasteiger partial charge in [-0.05, 0) is 37.1 Å². The van der Waals surface area contributed by atoms with E-state index in [1.807, 2.05) is 6.92 Å². The summed E-state index contributed by atoms with van der Waals surface area (Å²) in [5.74, 6) is 0. The summed E-state index contributed by atoms with van der Waals surface area (Å²) in [6.45, 7) is 3.63. The number of hydrogen-bond donors (Lipinski definition) is 2. The number of allylic oxidation sites excluding steroid dienone is 2. The van der Waals surface area contributed by atoms with Crippen LogP contribution in [-0.4, -0.2) is 27.0 Å². The van der Waals surface area contributed by atoms with Crippen LogP contribution in [0, 0.1) is 30.3 Å². The molecule has 2 aromatic rings. The maximum absolute atomic E-state index is 11.5. The minimum Gasteiger partial charge on any atom is -0.399 e. The summed E-state index contributed by atoms with van der Waals surface area (Å²) in [6, 6.07) is 7.21. The summed E-state index contributed by atoms with van der Waals surface area (Å²) in [5.41, 5.74) is 11.2. The SMILES string of the molecule is CCC/N=C(\C(N)=C(/C)c1ccc([N+](=O)[O-])cc1[N+](=O)[O-])c1ccc(N)cc1[N+](=O)[O-]. The van der Waals surface area contributed by atoms with Crippen molar-refractivity contribution in [1.82, 2.24) is 0 Å². The third-order valence-corrected chi connectivity index (χ3v) is 4.42. The highest BCUT2D eigenvalue weighted by Gasteiger charge is 2.25. The average molecular weight is 428 g/mol. The maximum atomic E-state index is 11.5. The molecule has 0 aromatic heterocycles. The van der Waals surface area contributed by atoms with Gasteiger partial charge in [0.15, 0.2) is 0 Å². The van der Waals surface area contributed by atoms with Gasteiger partial charge in [0.2, 0.25) is 0 Å². The molecule has 0 amide bonds. The standard InChI is InChI=1S/C19H20N6O6/c1-3-8-22-19(15-6-4-12(20)9-16(15)24(28)29)18(21)11(2)14-7-5-13(23(26)27)10-17(14)25(30)31/h4-7,9-10H,3,8,20-21H2,1-2H3/b18-11-,22-19-. The molecule has 0 spiro atoms. The predicted molar refractivity (Wildman–Crippen MR) is 116 cm³/mol. The van der Waals surface area contributed by atoms with Crippen molar-refractivity contribution in [2.24, 2.45) is 10.7 Å². The van der Waals surface area contributed by atoms with Crippen molar-refractivity contribution >= 4 is 34.0 Å². The first kappa shape index (κ1) is 22.9. The zero-order chi connectivity index (χ0) is 23.3. The Kier molecular flexibility index (Phi) is 6.98. The molecule has 12 heteroatoms. The lowest BCUT2D eigenvalue weighted by Crippen LogP contribution is -2.17. The summed E-state index contributed by atoms with van der Waals surface area (Å²) in [7, 11) is 0. The van der Waals surface area contributed by atoms with E-state index in [1.54, 1.807) is 0 Å². The maximum Gasteiger partial charge on any atom is 0.283 e. The van der Waals surface area contributed by atoms with Crippen molar-refractivity contribution in [3.05, 3.63) is 83.6 Å². The number of benzene rings is 2. The summed E-state index contributed by atoms with van der Waals surface area (Å²) in [5, 5.41) is 34.0. The van der Waals surface area contributed by atoms with Crippen LogP contribution in [0.4, 0.5) is 22.7 Å². The van der Waals surface area contributed by atoms with E-state index in [0.29, 0.717) is 13.0 Å². The Morgan fingerprint density at radius 2 is 1.52 bits per heavy atom. The normalized spacial score (nSPS) is 12.3. The molecule has 0 unspecified atom stereocenters. The molecule has 4 N–H and O–H groups in total. The van der Waals surface area contributed by atoms with E-state index in [1.165, 1.54) is 31.2 Å². The number of nitrogen functional groups attached to an aromatic ring is 1. The highest BCUT2D eigenvalue weighted by atomic mass is 16.6. The number of anilines is 1. The highest BCUT2D eigenvalue weighted by Crippen LogP contribution is 2.32. The lowest BCUT2D eigenvalue weighted by atomic mass is 9.97. The molecule has 2 aromatic carbocycles. The molecule has 12 nitrogen and oxygen atoms in total. The van der Waals surface area contributed by atoms with Crippen LogP contribution in [0.1, 0.15) is 31.4 Å². The second kappa shape index (κ2) is 9.43. The third-order valence-electron chi connectivity index (χ3n) is 4.42. The van der Waals surface area contributed by atoms with Crippen LogP contribution in [0.3, 0.4) is 0 Å². The van der Waals surface area contributed by atoms with Gasteiger partial charge >= 0.3 is 0 Å². The van der Waals surface area contributed by atoms with Gasteiger partial charge in [0.05, 0.1) is 43.4 Å². The van der Waals surface area contributed by atoms with Gasteiger partial charge in [-0.2, -0.15) is 0 Å². The number of nitrogens with zero attached hydrogens (tertiary/aromatic N) is 4. The first-order valence-corrected chi connectivity index (χ1v) is 9.07. The number of aliphatic imine (C=N–C) groups is 1. The van der Waals surface area contributed by atoms with Crippen LogP contribution < -0.4 is 11.5 Å². The number of nitro benzene ring substituents is 3. The van der Waals surface area contributed by atoms with Crippen molar-refractivity contribution in [1.29, 1.82) is 0 Å². The van der Waals surface area contributed by atoms with E-state index in [9.17, 15) is 30.3 Å². The summed E-state index contributed by atoms with van der Waals surface area (Å²) >= 11 is 0. The van der Waals surface area contributed by atoms with E-state index in [2.05, 4.69) is 4.99 Å². The molecule has 0 atom stereocenters. The van der Waals surface area contributed by atoms with Crippen LogP contribution >= 0.6 is 0 Å². The summed E-state index contributed by atoms with van der Waals surface area (Å²) < 4.78 is 0. The lowest BCUT2D eigenvalue weighted by molar-refractivity contribution is -0.394. The van der Waals surface area contributed by atoms with Crippen molar-refractivity contribution in [2.45, 2.75) is 20.3 Å². The van der Waals surface area contributed by atoms with Gasteiger partial charge in [-0.3, -0.25) is 35.3 Å². The second-order valence-electron chi connectivity index (χ2n) is 6.52. The molecule has 0 radical (unpaired) electrons. The molecule has 0 aliphatic rings. The molecular weight excluding hydrogens is 408 g/mol. The lowest BCUT2D eigenvalue weighted by Gasteiger charge is -2.13. The number of rotatable bonds is 8. The van der Waals surface area contributed by atoms with Gasteiger partial charge < -0.3 is 11.5 Å². The van der Waals surface area contributed by atoms with E-state index < -0.39 is 26.1 Å². The highest BCUT2D eigenvalue weighted by molar-refractivity contribution is 6.18. The summed E-state index contributed by atoms with van der Waals surface area (Å²) in [6.07, 6.45) is 0.621. The monoisotopic (exact) mass is 428 g/mol. The van der Waals surface area contributed by atoms with Crippen LogP contribution in [0.15, 0.2) is 47.1 Å². The smallest absolute Gasteiger partial charge is 0.283 e. The summed E-state index contributed by atoms with van der Waals surface area (Å²) in [4.78, 5) is 36.3. The Bertz CT molecular complexity index is 1120. The molecule has 0 saturated heterocycles. The Hall–Kier alpha value is -4.35. The van der Waals surface area contributed by atoms with Crippen molar-refractivity contribution in [3.8, 4) is 0 Å². The minimum absolute atomic E-state index is 0.0294. The molecule has 0 bridgehead atoms.